The normalized spacial score (nSPS) is 22.4. The molecule has 5 rings (SSSR count). The molecule has 0 spiro atoms. The number of anilines is 1. The summed E-state index contributed by atoms with van der Waals surface area (Å²) in [5.41, 5.74) is 8.11. The van der Waals surface area contributed by atoms with Crippen LogP contribution in [0.25, 0.3) is 22.2 Å². The Bertz CT molecular complexity index is 1150. The lowest BCUT2D eigenvalue weighted by Gasteiger charge is -2.40. The third kappa shape index (κ3) is 3.25. The zero-order chi connectivity index (χ0) is 21.6. The van der Waals surface area contributed by atoms with Crippen LogP contribution >= 0.6 is 0 Å². The van der Waals surface area contributed by atoms with Crippen molar-refractivity contribution in [2.75, 3.05) is 38.9 Å². The first-order valence-electron chi connectivity index (χ1n) is 10.2. The predicted molar refractivity (Wildman–Crippen MR) is 115 cm³/mol. The number of amides is 2. The van der Waals surface area contributed by atoms with E-state index >= 15 is 0 Å². The molecule has 0 unspecified atom stereocenters. The molecule has 5 heterocycles. The molecule has 9 nitrogen and oxygen atoms in total. The highest BCUT2D eigenvalue weighted by atomic mass is 16.5. The summed E-state index contributed by atoms with van der Waals surface area (Å²) in [4.78, 5) is 20.7. The van der Waals surface area contributed by atoms with Crippen LogP contribution in [0, 0.1) is 0 Å². The monoisotopic (exact) mass is 423 g/mol. The van der Waals surface area contributed by atoms with E-state index in [4.69, 9.17) is 24.9 Å². The molecule has 2 aliphatic rings. The molecule has 0 aromatic carbocycles. The maximum atomic E-state index is 11.4. The maximum absolute atomic E-state index is 11.4. The second-order valence-electron chi connectivity index (χ2n) is 8.39. The van der Waals surface area contributed by atoms with Crippen LogP contribution in [0.15, 0.2) is 36.7 Å². The highest BCUT2D eigenvalue weighted by Crippen LogP contribution is 2.39. The third-order valence-corrected chi connectivity index (χ3v) is 6.22. The molecular formula is C22H25N5O4. The van der Waals surface area contributed by atoms with Gasteiger partial charge in [-0.05, 0) is 25.1 Å². The van der Waals surface area contributed by atoms with Gasteiger partial charge in [0.2, 0.25) is 0 Å². The van der Waals surface area contributed by atoms with Gasteiger partial charge in [0.15, 0.2) is 0 Å². The van der Waals surface area contributed by atoms with E-state index in [0.717, 1.165) is 34.3 Å². The summed E-state index contributed by atoms with van der Waals surface area (Å²) < 4.78 is 19.1. The summed E-state index contributed by atoms with van der Waals surface area (Å²) in [6.45, 7) is 4.51. The summed E-state index contributed by atoms with van der Waals surface area (Å²) in [5, 5.41) is 3.48. The van der Waals surface area contributed by atoms with Crippen molar-refractivity contribution in [1.82, 2.24) is 14.5 Å². The van der Waals surface area contributed by atoms with Gasteiger partial charge in [0, 0.05) is 37.3 Å². The first kappa shape index (κ1) is 19.9. The Labute approximate surface area is 179 Å². The van der Waals surface area contributed by atoms with Crippen LogP contribution < -0.4 is 11.1 Å². The van der Waals surface area contributed by atoms with Crippen LogP contribution in [0.2, 0.25) is 0 Å². The minimum atomic E-state index is -0.657. The lowest BCUT2D eigenvalue weighted by molar-refractivity contribution is -0.0874. The van der Waals surface area contributed by atoms with E-state index in [1.807, 2.05) is 24.3 Å². The van der Waals surface area contributed by atoms with E-state index in [-0.39, 0.29) is 5.54 Å². The van der Waals surface area contributed by atoms with Gasteiger partial charge in [-0.15, -0.1) is 0 Å². The van der Waals surface area contributed by atoms with Crippen LogP contribution in [0.1, 0.15) is 19.0 Å². The highest BCUT2D eigenvalue weighted by molar-refractivity contribution is 5.98. The minimum absolute atomic E-state index is 0.165. The van der Waals surface area contributed by atoms with Crippen LogP contribution in [0.3, 0.4) is 0 Å². The van der Waals surface area contributed by atoms with E-state index in [9.17, 15) is 4.79 Å². The molecule has 162 valence electrons. The molecule has 0 saturated carbocycles. The van der Waals surface area contributed by atoms with Crippen molar-refractivity contribution in [3.63, 3.8) is 0 Å². The fraction of sp³-hybridized carbons (Fsp3) is 0.409. The number of nitrogens with two attached hydrogens (primary N) is 1. The first-order valence-corrected chi connectivity index (χ1v) is 10.2. The molecule has 2 aliphatic heterocycles. The van der Waals surface area contributed by atoms with E-state index < -0.39 is 11.6 Å². The summed E-state index contributed by atoms with van der Waals surface area (Å²) >= 11 is 0. The average Bonchev–Trinajstić information content (AvgIpc) is 3.37. The van der Waals surface area contributed by atoms with Crippen molar-refractivity contribution in [1.29, 1.82) is 0 Å². The standard InChI is InChI=1S/C22H25N5O4/c1-21(11-31-12-21)27-10-15(14-8-19(26-20(23)28)24-9-17(14)27)16-4-3-5-18(25-16)22(29-2)6-7-30-13-22/h3-5,8-10H,6-7,11-13H2,1-2H3,(H3,23,24,26,28)/t22-/m0/s1. The van der Waals surface area contributed by atoms with Crippen molar-refractivity contribution in [2.24, 2.45) is 5.73 Å². The van der Waals surface area contributed by atoms with Gasteiger partial charge in [-0.1, -0.05) is 6.07 Å². The zero-order valence-corrected chi connectivity index (χ0v) is 17.6. The molecule has 3 N–H and O–H groups in total. The number of nitrogens with zero attached hydrogens (tertiary/aromatic N) is 3. The van der Waals surface area contributed by atoms with Crippen molar-refractivity contribution >= 4 is 22.8 Å². The maximum Gasteiger partial charge on any atom is 0.317 e. The fourth-order valence-corrected chi connectivity index (χ4v) is 4.36. The van der Waals surface area contributed by atoms with Crippen molar-refractivity contribution in [3.05, 3.63) is 42.4 Å². The molecule has 31 heavy (non-hydrogen) atoms. The average molecular weight is 423 g/mol. The summed E-state index contributed by atoms with van der Waals surface area (Å²) in [6, 6.07) is 7.11. The molecule has 1 atom stereocenters. The molecule has 0 aliphatic carbocycles. The van der Waals surface area contributed by atoms with Gasteiger partial charge in [-0.2, -0.15) is 0 Å². The van der Waals surface area contributed by atoms with Gasteiger partial charge in [0.1, 0.15) is 11.4 Å². The molecule has 3 aromatic rings. The van der Waals surface area contributed by atoms with Gasteiger partial charge < -0.3 is 24.5 Å². The van der Waals surface area contributed by atoms with E-state index in [2.05, 4.69) is 28.0 Å². The largest absolute Gasteiger partial charge is 0.378 e. The van der Waals surface area contributed by atoms with Crippen molar-refractivity contribution < 1.29 is 19.0 Å². The molecule has 2 fully saturated rings. The Morgan fingerprint density at radius 1 is 1.29 bits per heavy atom. The number of urea groups is 1. The number of methoxy groups -OCH3 is 1. The lowest BCUT2D eigenvalue weighted by Crippen LogP contribution is -2.48. The lowest BCUT2D eigenvalue weighted by atomic mass is 9.97. The summed E-state index contributed by atoms with van der Waals surface area (Å²) in [7, 11) is 1.69. The fourth-order valence-electron chi connectivity index (χ4n) is 4.36. The van der Waals surface area contributed by atoms with Gasteiger partial charge in [-0.25, -0.2) is 14.8 Å². The number of hydrogen-bond donors (Lipinski definition) is 2. The number of pyridine rings is 2. The number of rotatable bonds is 5. The van der Waals surface area contributed by atoms with Gasteiger partial charge in [0.05, 0.1) is 48.5 Å². The van der Waals surface area contributed by atoms with E-state index in [1.165, 1.54) is 0 Å². The third-order valence-electron chi connectivity index (χ3n) is 6.22. The van der Waals surface area contributed by atoms with Crippen LogP contribution in [0.5, 0.6) is 0 Å². The topological polar surface area (TPSA) is 114 Å². The molecule has 2 amide bonds. The van der Waals surface area contributed by atoms with Gasteiger partial charge in [0.25, 0.3) is 0 Å². The number of nitrogens with one attached hydrogen (secondary N) is 1. The Kier molecular flexibility index (Phi) is 4.69. The number of carbonyl (C=O) groups is 1. The summed E-state index contributed by atoms with van der Waals surface area (Å²) in [6.07, 6.45) is 4.59. The minimum Gasteiger partial charge on any atom is -0.378 e. The SMILES string of the molecule is CO[C@@]1(c2cccc(-c3cn(C4(C)COC4)c4cnc(NC(N)=O)cc34)n2)CCOC1. The number of ether oxygens (including phenoxy) is 3. The number of fused-ring (bicyclic) bond motifs is 1. The van der Waals surface area contributed by atoms with Gasteiger partial charge in [-0.3, -0.25) is 5.32 Å². The molecule has 3 aromatic heterocycles. The van der Waals surface area contributed by atoms with Crippen LogP contribution in [-0.4, -0.2) is 54.1 Å². The quantitative estimate of drug-likeness (QED) is 0.652. The van der Waals surface area contributed by atoms with Crippen molar-refractivity contribution in [3.8, 4) is 11.3 Å². The molecule has 2 saturated heterocycles. The number of hydrogen-bond acceptors (Lipinski definition) is 6. The zero-order valence-electron chi connectivity index (χ0n) is 17.6. The summed E-state index contributed by atoms with van der Waals surface area (Å²) in [5.74, 6) is 0.391. The Morgan fingerprint density at radius 2 is 2.13 bits per heavy atom. The van der Waals surface area contributed by atoms with E-state index in [1.54, 1.807) is 13.3 Å². The second kappa shape index (κ2) is 7.30. The second-order valence-corrected chi connectivity index (χ2v) is 8.39. The molecule has 9 heteroatoms. The number of primary amides is 1. The van der Waals surface area contributed by atoms with E-state index in [0.29, 0.717) is 32.2 Å². The Balaban J connectivity index is 1.67. The smallest absolute Gasteiger partial charge is 0.317 e. The Morgan fingerprint density at radius 3 is 2.77 bits per heavy atom. The molecular weight excluding hydrogens is 398 g/mol. The highest BCUT2D eigenvalue weighted by Gasteiger charge is 2.39. The Hall–Kier alpha value is -3.01. The molecule has 0 radical (unpaired) electrons. The predicted octanol–water partition coefficient (Wildman–Crippen LogP) is 2.60. The van der Waals surface area contributed by atoms with Crippen molar-refractivity contribution in [2.45, 2.75) is 24.5 Å². The number of carbonyl (C=O) groups excluding carboxylic acids is 1. The van der Waals surface area contributed by atoms with Crippen LogP contribution in [0.4, 0.5) is 10.6 Å². The molecule has 0 bridgehead atoms. The van der Waals surface area contributed by atoms with Gasteiger partial charge >= 0.3 is 6.03 Å². The van der Waals surface area contributed by atoms with Crippen LogP contribution in [-0.2, 0) is 25.4 Å². The number of aromatic nitrogens is 3. The first-order chi connectivity index (χ1) is 14.9.